The summed E-state index contributed by atoms with van der Waals surface area (Å²) >= 11 is 0. The summed E-state index contributed by atoms with van der Waals surface area (Å²) < 4.78 is 0. The van der Waals surface area contributed by atoms with Crippen LogP contribution in [0.25, 0.3) is 5.76 Å². The lowest BCUT2D eigenvalue weighted by Gasteiger charge is -2.28. The van der Waals surface area contributed by atoms with E-state index < -0.39 is 17.7 Å². The van der Waals surface area contributed by atoms with Gasteiger partial charge in [0.25, 0.3) is 11.7 Å². The lowest BCUT2D eigenvalue weighted by Crippen LogP contribution is -2.38. The van der Waals surface area contributed by atoms with Gasteiger partial charge in [0.2, 0.25) is 0 Å². The van der Waals surface area contributed by atoms with E-state index in [9.17, 15) is 14.7 Å². The summed E-state index contributed by atoms with van der Waals surface area (Å²) in [5, 5.41) is 11.2. The van der Waals surface area contributed by atoms with E-state index in [0.29, 0.717) is 18.7 Å². The Kier molecular flexibility index (Phi) is 7.43. The van der Waals surface area contributed by atoms with Gasteiger partial charge in [0, 0.05) is 18.7 Å². The largest absolute Gasteiger partial charge is 0.507 e. The standard InChI is InChI=1S/C28H36N2O3/c1-7-29(8-2)17-18-30-24(20-13-15-22(16-14-20)28(4,5)6)23(26(32)27(30)33)25(31)21-11-9-19(3)10-12-21/h9-16,24,31H,7-8,17-18H2,1-6H3/t24-/m1/s1. The van der Waals surface area contributed by atoms with E-state index in [4.69, 9.17) is 0 Å². The molecule has 2 aromatic rings. The predicted molar refractivity (Wildman–Crippen MR) is 133 cm³/mol. The van der Waals surface area contributed by atoms with E-state index in [1.807, 2.05) is 43.3 Å². The van der Waals surface area contributed by atoms with E-state index in [1.54, 1.807) is 17.0 Å². The molecule has 1 amide bonds. The fourth-order valence-corrected chi connectivity index (χ4v) is 4.28. The molecule has 1 fully saturated rings. The molecule has 2 aromatic carbocycles. The molecule has 0 aliphatic carbocycles. The molecule has 0 unspecified atom stereocenters. The van der Waals surface area contributed by atoms with Gasteiger partial charge in [-0.3, -0.25) is 9.59 Å². The second-order valence-electron chi connectivity index (χ2n) is 9.76. The normalized spacial score (nSPS) is 18.4. The Morgan fingerprint density at radius 1 is 0.970 bits per heavy atom. The van der Waals surface area contributed by atoms with Crippen LogP contribution in [-0.4, -0.2) is 52.8 Å². The quantitative estimate of drug-likeness (QED) is 0.366. The molecule has 5 heteroatoms. The van der Waals surface area contributed by atoms with E-state index >= 15 is 0 Å². The molecule has 1 aliphatic rings. The molecule has 0 saturated carbocycles. The predicted octanol–water partition coefficient (Wildman–Crippen LogP) is 5.06. The van der Waals surface area contributed by atoms with E-state index in [0.717, 1.165) is 24.2 Å². The van der Waals surface area contributed by atoms with Crippen LogP contribution in [0.15, 0.2) is 54.1 Å². The van der Waals surface area contributed by atoms with Crippen LogP contribution in [0.2, 0.25) is 0 Å². The van der Waals surface area contributed by atoms with Crippen molar-refractivity contribution in [3.63, 3.8) is 0 Å². The third kappa shape index (κ3) is 5.19. The Hall–Kier alpha value is -2.92. The van der Waals surface area contributed by atoms with Crippen molar-refractivity contribution in [2.45, 2.75) is 53.0 Å². The maximum Gasteiger partial charge on any atom is 0.295 e. The number of rotatable bonds is 7. The topological polar surface area (TPSA) is 60.9 Å². The van der Waals surface area contributed by atoms with Gasteiger partial charge in [-0.1, -0.05) is 88.7 Å². The number of amides is 1. The van der Waals surface area contributed by atoms with Gasteiger partial charge in [0.1, 0.15) is 5.76 Å². The first-order chi connectivity index (χ1) is 15.6. The van der Waals surface area contributed by atoms with E-state index in [1.165, 1.54) is 5.56 Å². The molecule has 1 aliphatic heterocycles. The van der Waals surface area contributed by atoms with Crippen molar-refractivity contribution < 1.29 is 14.7 Å². The zero-order valence-electron chi connectivity index (χ0n) is 20.7. The maximum absolute atomic E-state index is 13.2. The highest BCUT2D eigenvalue weighted by Crippen LogP contribution is 2.39. The molecule has 1 heterocycles. The van der Waals surface area contributed by atoms with Crippen LogP contribution in [0.4, 0.5) is 0 Å². The summed E-state index contributed by atoms with van der Waals surface area (Å²) in [5.74, 6) is -1.30. The second-order valence-corrected chi connectivity index (χ2v) is 9.76. The van der Waals surface area contributed by atoms with Gasteiger partial charge in [-0.15, -0.1) is 0 Å². The minimum absolute atomic E-state index is 0.00894. The van der Waals surface area contributed by atoms with Gasteiger partial charge in [-0.05, 0) is 36.6 Å². The molecule has 1 N–H and O–H groups in total. The Labute approximate surface area is 197 Å². The number of likely N-dealkylation sites (tertiary alicyclic amines) is 1. The van der Waals surface area contributed by atoms with Gasteiger partial charge >= 0.3 is 0 Å². The number of nitrogens with zero attached hydrogens (tertiary/aromatic N) is 2. The number of hydrogen-bond acceptors (Lipinski definition) is 4. The molecule has 0 aromatic heterocycles. The monoisotopic (exact) mass is 448 g/mol. The first-order valence-electron chi connectivity index (χ1n) is 11.8. The molecule has 1 saturated heterocycles. The van der Waals surface area contributed by atoms with Crippen molar-refractivity contribution in [2.24, 2.45) is 0 Å². The van der Waals surface area contributed by atoms with Crippen molar-refractivity contribution in [1.29, 1.82) is 0 Å². The summed E-state index contributed by atoms with van der Waals surface area (Å²) in [6, 6.07) is 14.8. The summed E-state index contributed by atoms with van der Waals surface area (Å²) in [6.45, 7) is 15.4. The molecule has 5 nitrogen and oxygen atoms in total. The SMILES string of the molecule is CCN(CC)CCN1C(=O)C(=O)C(=C(O)c2ccc(C)cc2)[C@H]1c1ccc(C(C)(C)C)cc1. The Morgan fingerprint density at radius 2 is 1.55 bits per heavy atom. The molecular formula is C28H36N2O3. The average molecular weight is 449 g/mol. The van der Waals surface area contributed by atoms with Crippen LogP contribution in [-0.2, 0) is 15.0 Å². The maximum atomic E-state index is 13.2. The summed E-state index contributed by atoms with van der Waals surface area (Å²) in [5.41, 5.74) is 3.75. The number of aliphatic hydroxyl groups is 1. The summed E-state index contributed by atoms with van der Waals surface area (Å²) in [6.07, 6.45) is 0. The Balaban J connectivity index is 2.10. The Bertz CT molecular complexity index is 1030. The van der Waals surface area contributed by atoms with Gasteiger partial charge < -0.3 is 14.9 Å². The van der Waals surface area contributed by atoms with Gasteiger partial charge in [-0.25, -0.2) is 0 Å². The summed E-state index contributed by atoms with van der Waals surface area (Å²) in [7, 11) is 0. The van der Waals surface area contributed by atoms with Crippen LogP contribution in [0.5, 0.6) is 0 Å². The third-order valence-electron chi connectivity index (χ3n) is 6.51. The lowest BCUT2D eigenvalue weighted by atomic mass is 9.85. The number of Topliss-reactive ketones (excluding diaryl/α,β-unsaturated/α-hetero) is 1. The minimum atomic E-state index is -0.627. The number of benzene rings is 2. The Morgan fingerprint density at radius 3 is 2.06 bits per heavy atom. The number of carbonyl (C=O) groups is 2. The van der Waals surface area contributed by atoms with Crippen molar-refractivity contribution >= 4 is 17.4 Å². The molecule has 176 valence electrons. The number of likely N-dealkylation sites (N-methyl/N-ethyl adjacent to an activating group) is 1. The first-order valence-corrected chi connectivity index (χ1v) is 11.8. The van der Waals surface area contributed by atoms with Crippen molar-refractivity contribution in [2.75, 3.05) is 26.2 Å². The van der Waals surface area contributed by atoms with Crippen LogP contribution in [0, 0.1) is 6.92 Å². The van der Waals surface area contributed by atoms with Crippen LogP contribution >= 0.6 is 0 Å². The molecule has 0 radical (unpaired) electrons. The average Bonchev–Trinajstić information content (AvgIpc) is 3.04. The molecule has 1 atom stereocenters. The van der Waals surface area contributed by atoms with Gasteiger partial charge in [0.15, 0.2) is 0 Å². The van der Waals surface area contributed by atoms with Gasteiger partial charge in [0.05, 0.1) is 11.6 Å². The molecular weight excluding hydrogens is 412 g/mol. The molecule has 3 rings (SSSR count). The van der Waals surface area contributed by atoms with Crippen LogP contribution < -0.4 is 0 Å². The smallest absolute Gasteiger partial charge is 0.295 e. The van der Waals surface area contributed by atoms with Crippen LogP contribution in [0.1, 0.15) is 62.9 Å². The van der Waals surface area contributed by atoms with E-state index in [-0.39, 0.29) is 16.7 Å². The van der Waals surface area contributed by atoms with Gasteiger partial charge in [-0.2, -0.15) is 0 Å². The number of aryl methyl sites for hydroxylation is 1. The fourth-order valence-electron chi connectivity index (χ4n) is 4.28. The molecule has 0 spiro atoms. The zero-order chi connectivity index (χ0) is 24.3. The van der Waals surface area contributed by atoms with Crippen molar-refractivity contribution in [3.8, 4) is 0 Å². The summed E-state index contributed by atoms with van der Waals surface area (Å²) in [4.78, 5) is 30.1. The fraction of sp³-hybridized carbons (Fsp3) is 0.429. The van der Waals surface area contributed by atoms with E-state index in [2.05, 4.69) is 39.5 Å². The first kappa shape index (κ1) is 24.7. The minimum Gasteiger partial charge on any atom is -0.507 e. The molecule has 0 bridgehead atoms. The highest BCUT2D eigenvalue weighted by Gasteiger charge is 2.46. The number of carbonyl (C=O) groups excluding carboxylic acids is 2. The zero-order valence-corrected chi connectivity index (χ0v) is 20.7. The lowest BCUT2D eigenvalue weighted by molar-refractivity contribution is -0.140. The van der Waals surface area contributed by atoms with Crippen molar-refractivity contribution in [3.05, 3.63) is 76.4 Å². The second kappa shape index (κ2) is 9.92. The van der Waals surface area contributed by atoms with Crippen molar-refractivity contribution in [1.82, 2.24) is 9.80 Å². The van der Waals surface area contributed by atoms with Crippen LogP contribution in [0.3, 0.4) is 0 Å². The number of ketones is 1. The highest BCUT2D eigenvalue weighted by atomic mass is 16.3. The number of hydrogen-bond donors (Lipinski definition) is 1. The molecule has 33 heavy (non-hydrogen) atoms. The third-order valence-corrected chi connectivity index (χ3v) is 6.51. The highest BCUT2D eigenvalue weighted by molar-refractivity contribution is 6.46. The number of aliphatic hydroxyl groups excluding tert-OH is 1.